The second-order valence-electron chi connectivity index (χ2n) is 5.41. The van der Waals surface area contributed by atoms with Crippen LogP contribution in [0.3, 0.4) is 0 Å². The Labute approximate surface area is 109 Å². The predicted octanol–water partition coefficient (Wildman–Crippen LogP) is 2.27. The molecule has 0 aromatic carbocycles. The van der Waals surface area contributed by atoms with Crippen LogP contribution in [0.2, 0.25) is 0 Å². The Bertz CT molecular complexity index is 401. The molecule has 3 atom stereocenters. The van der Waals surface area contributed by atoms with Crippen molar-refractivity contribution in [1.82, 2.24) is 10.3 Å². The van der Waals surface area contributed by atoms with Crippen LogP contribution in [0.1, 0.15) is 42.9 Å². The minimum Gasteiger partial charge on any atom is -0.377 e. The average molecular weight is 246 g/mol. The molecule has 1 aromatic rings. The number of likely N-dealkylation sites (N-methyl/N-ethyl adjacent to an activating group) is 1. The molecule has 3 rings (SSSR count). The minimum absolute atomic E-state index is 0.368. The molecule has 1 saturated heterocycles. The Morgan fingerprint density at radius 3 is 3.11 bits per heavy atom. The van der Waals surface area contributed by atoms with Crippen LogP contribution in [0.4, 0.5) is 0 Å². The van der Waals surface area contributed by atoms with E-state index in [2.05, 4.69) is 29.5 Å². The fourth-order valence-corrected chi connectivity index (χ4v) is 3.53. The van der Waals surface area contributed by atoms with Crippen LogP contribution >= 0.6 is 0 Å². The van der Waals surface area contributed by atoms with Crippen LogP contribution in [0.15, 0.2) is 18.3 Å². The Kier molecular flexibility index (Phi) is 3.62. The summed E-state index contributed by atoms with van der Waals surface area (Å²) in [6.45, 7) is 0.921. The topological polar surface area (TPSA) is 34.1 Å². The van der Waals surface area contributed by atoms with Gasteiger partial charge in [-0.3, -0.25) is 4.98 Å². The van der Waals surface area contributed by atoms with E-state index in [0.717, 1.165) is 6.61 Å². The summed E-state index contributed by atoms with van der Waals surface area (Å²) in [5, 5.41) is 3.49. The fourth-order valence-electron chi connectivity index (χ4n) is 3.53. The molecule has 2 heterocycles. The number of hydrogen-bond donors (Lipinski definition) is 1. The van der Waals surface area contributed by atoms with Gasteiger partial charge in [0, 0.05) is 30.5 Å². The predicted molar refractivity (Wildman–Crippen MR) is 71.7 cm³/mol. The number of nitrogens with one attached hydrogen (secondary N) is 1. The highest BCUT2D eigenvalue weighted by atomic mass is 16.5. The standard InChI is InChI=1S/C15H22N2O/c1-16-15(13-8-4-10-18-13)12-7-2-5-11-6-3-9-17-14(11)12/h3,6,9,12-13,15-16H,2,4-5,7-8,10H2,1H3. The Balaban J connectivity index is 1.87. The molecule has 0 radical (unpaired) electrons. The lowest BCUT2D eigenvalue weighted by Gasteiger charge is -2.34. The molecule has 0 saturated carbocycles. The van der Waals surface area contributed by atoms with E-state index in [1.54, 1.807) is 0 Å². The lowest BCUT2D eigenvalue weighted by molar-refractivity contribution is 0.0690. The summed E-state index contributed by atoms with van der Waals surface area (Å²) in [7, 11) is 2.06. The maximum atomic E-state index is 5.88. The maximum Gasteiger partial charge on any atom is 0.0735 e. The molecule has 0 amide bonds. The summed E-state index contributed by atoms with van der Waals surface area (Å²) in [5.74, 6) is 0.517. The smallest absolute Gasteiger partial charge is 0.0735 e. The number of aromatic nitrogens is 1. The highest BCUT2D eigenvalue weighted by molar-refractivity contribution is 5.27. The van der Waals surface area contributed by atoms with Gasteiger partial charge in [-0.05, 0) is 50.8 Å². The van der Waals surface area contributed by atoms with Gasteiger partial charge in [-0.25, -0.2) is 0 Å². The second-order valence-corrected chi connectivity index (χ2v) is 5.41. The summed E-state index contributed by atoms with van der Waals surface area (Å²) >= 11 is 0. The Hall–Kier alpha value is -0.930. The number of aryl methyl sites for hydroxylation is 1. The van der Waals surface area contributed by atoms with E-state index in [-0.39, 0.29) is 0 Å². The van der Waals surface area contributed by atoms with E-state index in [1.807, 2.05) is 6.20 Å². The lowest BCUT2D eigenvalue weighted by Crippen LogP contribution is -2.43. The van der Waals surface area contributed by atoms with Gasteiger partial charge in [-0.15, -0.1) is 0 Å². The average Bonchev–Trinajstić information content (AvgIpc) is 2.94. The first-order chi connectivity index (χ1) is 8.90. The first kappa shape index (κ1) is 12.1. The van der Waals surface area contributed by atoms with Crippen molar-refractivity contribution < 1.29 is 4.74 Å². The van der Waals surface area contributed by atoms with Gasteiger partial charge in [0.2, 0.25) is 0 Å². The molecule has 1 aliphatic carbocycles. The van der Waals surface area contributed by atoms with Gasteiger partial charge in [0.05, 0.1) is 6.10 Å². The fraction of sp³-hybridized carbons (Fsp3) is 0.667. The van der Waals surface area contributed by atoms with E-state index in [1.165, 1.54) is 43.4 Å². The van der Waals surface area contributed by atoms with Crippen molar-refractivity contribution in [1.29, 1.82) is 0 Å². The second kappa shape index (κ2) is 5.37. The normalized spacial score (nSPS) is 28.9. The van der Waals surface area contributed by atoms with Crippen LogP contribution in [0.5, 0.6) is 0 Å². The first-order valence-corrected chi connectivity index (χ1v) is 7.13. The largest absolute Gasteiger partial charge is 0.377 e. The molecule has 1 aliphatic heterocycles. The van der Waals surface area contributed by atoms with Crippen LogP contribution in [-0.4, -0.2) is 30.8 Å². The molecule has 1 aromatic heterocycles. The SMILES string of the molecule is CNC(C1CCCO1)C1CCCc2cccnc21. The van der Waals surface area contributed by atoms with Crippen molar-refractivity contribution in [3.8, 4) is 0 Å². The van der Waals surface area contributed by atoms with E-state index in [9.17, 15) is 0 Å². The van der Waals surface area contributed by atoms with Crippen LogP contribution in [0.25, 0.3) is 0 Å². The van der Waals surface area contributed by atoms with Crippen molar-refractivity contribution in [2.45, 2.75) is 50.2 Å². The Morgan fingerprint density at radius 1 is 1.39 bits per heavy atom. The quantitative estimate of drug-likeness (QED) is 0.888. The molecule has 0 bridgehead atoms. The van der Waals surface area contributed by atoms with E-state index in [4.69, 9.17) is 4.74 Å². The number of ether oxygens (including phenoxy) is 1. The summed E-state index contributed by atoms with van der Waals surface area (Å²) in [5.41, 5.74) is 2.74. The van der Waals surface area contributed by atoms with E-state index in [0.29, 0.717) is 18.1 Å². The van der Waals surface area contributed by atoms with Gasteiger partial charge in [0.25, 0.3) is 0 Å². The van der Waals surface area contributed by atoms with Crippen molar-refractivity contribution in [2.75, 3.05) is 13.7 Å². The van der Waals surface area contributed by atoms with Gasteiger partial charge in [0.15, 0.2) is 0 Å². The van der Waals surface area contributed by atoms with E-state index < -0.39 is 0 Å². The van der Waals surface area contributed by atoms with Gasteiger partial charge in [-0.1, -0.05) is 6.07 Å². The van der Waals surface area contributed by atoms with Crippen molar-refractivity contribution in [3.63, 3.8) is 0 Å². The van der Waals surface area contributed by atoms with Gasteiger partial charge < -0.3 is 10.1 Å². The summed E-state index contributed by atoms with van der Waals surface area (Å²) in [6, 6.07) is 4.71. The molecule has 0 spiro atoms. The van der Waals surface area contributed by atoms with Gasteiger partial charge in [0.1, 0.15) is 0 Å². The van der Waals surface area contributed by atoms with Crippen LogP contribution in [0, 0.1) is 0 Å². The first-order valence-electron chi connectivity index (χ1n) is 7.13. The molecular formula is C15H22N2O. The zero-order valence-corrected chi connectivity index (χ0v) is 11.1. The number of pyridine rings is 1. The molecule has 3 nitrogen and oxygen atoms in total. The summed E-state index contributed by atoms with van der Waals surface area (Å²) < 4.78 is 5.88. The molecule has 1 N–H and O–H groups in total. The van der Waals surface area contributed by atoms with Crippen LogP contribution in [-0.2, 0) is 11.2 Å². The molecule has 98 valence electrons. The third kappa shape index (κ3) is 2.17. The van der Waals surface area contributed by atoms with Crippen molar-refractivity contribution in [2.24, 2.45) is 0 Å². The number of fused-ring (bicyclic) bond motifs is 1. The highest BCUT2D eigenvalue weighted by Crippen LogP contribution is 2.35. The maximum absolute atomic E-state index is 5.88. The third-order valence-corrected chi connectivity index (χ3v) is 4.37. The summed E-state index contributed by atoms with van der Waals surface area (Å²) in [4.78, 5) is 4.65. The van der Waals surface area contributed by atoms with Gasteiger partial charge in [-0.2, -0.15) is 0 Å². The Morgan fingerprint density at radius 2 is 2.33 bits per heavy atom. The molecule has 2 aliphatic rings. The lowest BCUT2D eigenvalue weighted by atomic mass is 9.79. The monoisotopic (exact) mass is 246 g/mol. The molecule has 3 heteroatoms. The van der Waals surface area contributed by atoms with Crippen molar-refractivity contribution >= 4 is 0 Å². The molecule has 1 fully saturated rings. The molecule has 3 unspecified atom stereocenters. The number of nitrogens with zero attached hydrogens (tertiary/aromatic N) is 1. The minimum atomic E-state index is 0.368. The zero-order chi connectivity index (χ0) is 12.4. The number of hydrogen-bond acceptors (Lipinski definition) is 3. The zero-order valence-electron chi connectivity index (χ0n) is 11.1. The van der Waals surface area contributed by atoms with Gasteiger partial charge >= 0.3 is 0 Å². The van der Waals surface area contributed by atoms with Crippen molar-refractivity contribution in [3.05, 3.63) is 29.6 Å². The van der Waals surface area contributed by atoms with Crippen LogP contribution < -0.4 is 5.32 Å². The van der Waals surface area contributed by atoms with E-state index >= 15 is 0 Å². The summed E-state index contributed by atoms with van der Waals surface area (Å²) in [6.07, 6.45) is 8.37. The number of rotatable bonds is 3. The third-order valence-electron chi connectivity index (χ3n) is 4.37. The molecular weight excluding hydrogens is 224 g/mol. The molecule has 18 heavy (non-hydrogen) atoms. The highest BCUT2D eigenvalue weighted by Gasteiger charge is 2.35.